The number of hydrogen-bond donors (Lipinski definition) is 1. The van der Waals surface area contributed by atoms with E-state index in [2.05, 4.69) is 4.72 Å². The van der Waals surface area contributed by atoms with Crippen molar-refractivity contribution in [3.63, 3.8) is 0 Å². The summed E-state index contributed by atoms with van der Waals surface area (Å²) in [4.78, 5) is 12.0. The maximum absolute atomic E-state index is 15.1. The van der Waals surface area contributed by atoms with Crippen LogP contribution in [-0.2, 0) is 15.4 Å². The van der Waals surface area contributed by atoms with E-state index in [1.807, 2.05) is 24.8 Å². The van der Waals surface area contributed by atoms with Crippen molar-refractivity contribution in [2.75, 3.05) is 18.0 Å². The Balaban J connectivity index is 1.44. The largest absolute Gasteiger partial charge is 0.487 e. The van der Waals surface area contributed by atoms with E-state index in [0.717, 1.165) is 11.6 Å². The highest BCUT2D eigenvalue weighted by Crippen LogP contribution is 2.51. The first-order valence-corrected chi connectivity index (χ1v) is 13.2. The Morgan fingerprint density at radius 3 is 2.65 bits per heavy atom. The molecule has 1 N–H and O–H groups in total. The molecule has 0 spiro atoms. The predicted molar refractivity (Wildman–Crippen MR) is 133 cm³/mol. The highest BCUT2D eigenvalue weighted by atomic mass is 32.2. The Bertz CT molecular complexity index is 1500. The van der Waals surface area contributed by atoms with Crippen molar-refractivity contribution < 1.29 is 26.9 Å². The van der Waals surface area contributed by atoms with Crippen LogP contribution >= 0.6 is 0 Å². The van der Waals surface area contributed by atoms with Gasteiger partial charge in [0.05, 0.1) is 16.7 Å². The van der Waals surface area contributed by atoms with Gasteiger partial charge in [-0.2, -0.15) is 0 Å². The quantitative estimate of drug-likeness (QED) is 0.347. The smallest absolute Gasteiger partial charge is 0.289 e. The van der Waals surface area contributed by atoms with Crippen LogP contribution < -0.4 is 14.4 Å². The zero-order chi connectivity index (χ0) is 26.5. The Labute approximate surface area is 213 Å². The van der Waals surface area contributed by atoms with Crippen LogP contribution in [0.4, 0.5) is 20.2 Å². The van der Waals surface area contributed by atoms with Crippen molar-refractivity contribution in [3.8, 4) is 5.75 Å². The number of ether oxygens (including phenoxy) is 1. The second-order valence-corrected chi connectivity index (χ2v) is 11.6. The molecule has 0 aromatic heterocycles. The van der Waals surface area contributed by atoms with Gasteiger partial charge in [-0.15, -0.1) is 0 Å². The molecule has 2 unspecified atom stereocenters. The standard InChI is InChI=1S/C26H25F2N3O5S/c1-26(2)15-30(25-18(26)6-5-7-19(25)28)24-17-14-16(27)10-11-21(17)36-22(24)12-13-29-37(34,35)23-9-4-3-8-20(23)31(32)33/h3-11,14,22,24,29H,12-13,15H2,1-2H3. The predicted octanol–water partition coefficient (Wildman–Crippen LogP) is 4.84. The molecule has 194 valence electrons. The maximum atomic E-state index is 15.1. The molecule has 2 aliphatic heterocycles. The maximum Gasteiger partial charge on any atom is 0.289 e. The summed E-state index contributed by atoms with van der Waals surface area (Å²) in [5.41, 5.74) is 0.890. The van der Waals surface area contributed by atoms with Gasteiger partial charge in [-0.3, -0.25) is 10.1 Å². The van der Waals surface area contributed by atoms with Crippen LogP contribution in [0.1, 0.15) is 37.4 Å². The zero-order valence-corrected chi connectivity index (χ0v) is 21.0. The summed E-state index contributed by atoms with van der Waals surface area (Å²) in [6.45, 7) is 4.35. The molecule has 3 aromatic carbocycles. The minimum Gasteiger partial charge on any atom is -0.487 e. The normalized spacial score (nSPS) is 19.8. The Morgan fingerprint density at radius 2 is 1.89 bits per heavy atom. The van der Waals surface area contributed by atoms with Crippen LogP contribution in [0.25, 0.3) is 0 Å². The first-order chi connectivity index (χ1) is 17.5. The molecule has 8 nitrogen and oxygen atoms in total. The van der Waals surface area contributed by atoms with E-state index in [4.69, 9.17) is 4.74 Å². The van der Waals surface area contributed by atoms with Crippen LogP contribution in [0.15, 0.2) is 65.6 Å². The summed E-state index contributed by atoms with van der Waals surface area (Å²) in [5.74, 6) is -0.415. The zero-order valence-electron chi connectivity index (χ0n) is 20.1. The molecule has 0 bridgehead atoms. The molecule has 3 aromatic rings. The molecule has 37 heavy (non-hydrogen) atoms. The van der Waals surface area contributed by atoms with Crippen molar-refractivity contribution in [2.45, 2.75) is 42.7 Å². The number of hydrogen-bond acceptors (Lipinski definition) is 6. The number of para-hydroxylation sites is 2. The summed E-state index contributed by atoms with van der Waals surface area (Å²) in [6.07, 6.45) is -0.478. The van der Waals surface area contributed by atoms with Crippen molar-refractivity contribution in [1.82, 2.24) is 4.72 Å². The average molecular weight is 530 g/mol. The number of benzene rings is 3. The van der Waals surface area contributed by atoms with Crippen molar-refractivity contribution in [1.29, 1.82) is 0 Å². The molecule has 5 rings (SSSR count). The lowest BCUT2D eigenvalue weighted by Gasteiger charge is -2.32. The third kappa shape index (κ3) is 4.42. The fourth-order valence-electron chi connectivity index (χ4n) is 5.30. The van der Waals surface area contributed by atoms with E-state index in [1.54, 1.807) is 6.07 Å². The summed E-state index contributed by atoms with van der Waals surface area (Å²) >= 11 is 0. The fourth-order valence-corrected chi connectivity index (χ4v) is 6.52. The second-order valence-electron chi connectivity index (χ2n) is 9.84. The number of fused-ring (bicyclic) bond motifs is 2. The Hall–Kier alpha value is -3.57. The van der Waals surface area contributed by atoms with Crippen LogP contribution in [0.5, 0.6) is 5.75 Å². The SMILES string of the molecule is CC1(C)CN(C2c3cc(F)ccc3OC2CCNS(=O)(=O)c2ccccc2[N+](=O)[O-])c2c(F)cccc21. The molecule has 0 aliphatic carbocycles. The van der Waals surface area contributed by atoms with E-state index >= 15 is 4.39 Å². The average Bonchev–Trinajstić information content (AvgIpc) is 3.33. The molecule has 2 atom stereocenters. The number of halogens is 2. The van der Waals surface area contributed by atoms with Gasteiger partial charge in [0.2, 0.25) is 10.0 Å². The van der Waals surface area contributed by atoms with Crippen LogP contribution in [0.3, 0.4) is 0 Å². The number of nitro groups is 1. The van der Waals surface area contributed by atoms with Gasteiger partial charge in [-0.05, 0) is 35.9 Å². The Morgan fingerprint density at radius 1 is 1.14 bits per heavy atom. The molecule has 11 heteroatoms. The van der Waals surface area contributed by atoms with Gasteiger partial charge < -0.3 is 9.64 Å². The monoisotopic (exact) mass is 529 g/mol. The first kappa shape index (κ1) is 25.1. The number of rotatable bonds is 7. The lowest BCUT2D eigenvalue weighted by Crippen LogP contribution is -2.39. The molecule has 0 fully saturated rings. The van der Waals surface area contributed by atoms with Gasteiger partial charge in [-0.25, -0.2) is 21.9 Å². The molecule has 2 heterocycles. The van der Waals surface area contributed by atoms with Crippen LogP contribution in [-0.4, -0.2) is 32.5 Å². The van der Waals surface area contributed by atoms with Gasteiger partial charge >= 0.3 is 0 Å². The highest BCUT2D eigenvalue weighted by Gasteiger charge is 2.46. The lowest BCUT2D eigenvalue weighted by atomic mass is 9.87. The summed E-state index contributed by atoms with van der Waals surface area (Å²) < 4.78 is 63.6. The van der Waals surface area contributed by atoms with Gasteiger partial charge in [0.15, 0.2) is 4.90 Å². The summed E-state index contributed by atoms with van der Waals surface area (Å²) in [7, 11) is -4.19. The molecular formula is C26H25F2N3O5S. The van der Waals surface area contributed by atoms with Gasteiger partial charge in [0.25, 0.3) is 5.69 Å². The minimum absolute atomic E-state index is 0.104. The number of nitrogens with zero attached hydrogens (tertiary/aromatic N) is 2. The van der Waals surface area contributed by atoms with E-state index < -0.39 is 49.3 Å². The number of anilines is 1. The topological polar surface area (TPSA) is 102 Å². The third-order valence-electron chi connectivity index (χ3n) is 6.90. The van der Waals surface area contributed by atoms with Crippen LogP contribution in [0.2, 0.25) is 0 Å². The second kappa shape index (κ2) is 9.07. The van der Waals surface area contributed by atoms with Crippen molar-refractivity contribution in [2.24, 2.45) is 0 Å². The van der Waals surface area contributed by atoms with E-state index in [9.17, 15) is 22.9 Å². The minimum atomic E-state index is -4.19. The number of sulfonamides is 1. The Kier molecular flexibility index (Phi) is 6.15. The molecular weight excluding hydrogens is 504 g/mol. The van der Waals surface area contributed by atoms with Crippen molar-refractivity contribution in [3.05, 3.63) is 93.5 Å². The first-order valence-electron chi connectivity index (χ1n) is 11.7. The van der Waals surface area contributed by atoms with Gasteiger partial charge in [0, 0.05) is 36.6 Å². The molecule has 0 saturated heterocycles. The van der Waals surface area contributed by atoms with Crippen molar-refractivity contribution >= 4 is 21.4 Å². The lowest BCUT2D eigenvalue weighted by molar-refractivity contribution is -0.387. The molecule has 0 amide bonds. The van der Waals surface area contributed by atoms with Gasteiger partial charge in [-0.1, -0.05) is 38.1 Å². The number of nitro benzene ring substituents is 1. The van der Waals surface area contributed by atoms with Crippen LogP contribution in [0, 0.1) is 21.7 Å². The third-order valence-corrected chi connectivity index (χ3v) is 8.41. The summed E-state index contributed by atoms with van der Waals surface area (Å²) in [6, 6.07) is 13.6. The van der Waals surface area contributed by atoms with E-state index in [1.165, 1.54) is 42.5 Å². The van der Waals surface area contributed by atoms with E-state index in [0.29, 0.717) is 23.5 Å². The highest BCUT2D eigenvalue weighted by molar-refractivity contribution is 7.89. The molecule has 0 radical (unpaired) electrons. The van der Waals surface area contributed by atoms with Gasteiger partial charge in [0.1, 0.15) is 23.5 Å². The number of nitrogens with one attached hydrogen (secondary N) is 1. The summed E-state index contributed by atoms with van der Waals surface area (Å²) in [5, 5.41) is 11.3. The fraction of sp³-hybridized carbons (Fsp3) is 0.308. The molecule has 2 aliphatic rings. The van der Waals surface area contributed by atoms with E-state index in [-0.39, 0.29) is 18.4 Å². The molecule has 0 saturated carbocycles.